The molecule has 1 amide bonds. The summed E-state index contributed by atoms with van der Waals surface area (Å²) in [6.07, 6.45) is -2.91. The highest BCUT2D eigenvalue weighted by Gasteiger charge is 2.38. The molecular weight excluding hydrogens is 443 g/mol. The van der Waals surface area contributed by atoms with Crippen LogP contribution in [0.3, 0.4) is 0 Å². The fraction of sp³-hybridized carbons (Fsp3) is 0.182. The molecule has 3 rings (SSSR count). The zero-order chi connectivity index (χ0) is 24.6. The van der Waals surface area contributed by atoms with Gasteiger partial charge < -0.3 is 21.0 Å². The molecule has 0 atom stereocenters. The molecule has 172 valence electrons. The highest BCUT2D eigenvalue weighted by atomic mass is 19.4. The maximum Gasteiger partial charge on any atom is 0.490 e. The number of fused-ring (bicyclic) bond motifs is 1. The van der Waals surface area contributed by atoms with Gasteiger partial charge in [-0.15, -0.1) is 0 Å². The van der Waals surface area contributed by atoms with E-state index >= 15 is 0 Å². The number of hydrogen-bond acceptors (Lipinski definition) is 5. The Morgan fingerprint density at radius 3 is 2.33 bits per heavy atom. The first-order chi connectivity index (χ1) is 15.5. The number of nitrogens with two attached hydrogens (primary N) is 1. The van der Waals surface area contributed by atoms with Gasteiger partial charge >= 0.3 is 18.1 Å². The first kappa shape index (κ1) is 24.9. The van der Waals surface area contributed by atoms with Crippen LogP contribution in [0, 0.1) is 11.8 Å². The van der Waals surface area contributed by atoms with E-state index in [1.54, 1.807) is 18.3 Å². The molecule has 11 heteroatoms. The van der Waals surface area contributed by atoms with Gasteiger partial charge in [-0.2, -0.15) is 18.3 Å². The van der Waals surface area contributed by atoms with Crippen LogP contribution in [0.2, 0.25) is 0 Å². The summed E-state index contributed by atoms with van der Waals surface area (Å²) in [5.74, 6) is 7.33. The lowest BCUT2D eigenvalue weighted by molar-refractivity contribution is -0.192. The van der Waals surface area contributed by atoms with Crippen molar-refractivity contribution in [3.8, 4) is 11.8 Å². The fourth-order valence-corrected chi connectivity index (χ4v) is 2.86. The third-order valence-electron chi connectivity index (χ3n) is 4.30. The number of amides is 1. The number of benzene rings is 2. The van der Waals surface area contributed by atoms with Crippen molar-refractivity contribution in [2.75, 3.05) is 13.1 Å². The van der Waals surface area contributed by atoms with E-state index in [1.165, 1.54) is 4.90 Å². The number of hydrogen-bond donors (Lipinski definition) is 3. The lowest BCUT2D eigenvalue weighted by Gasteiger charge is -2.27. The minimum Gasteiger partial charge on any atom is -0.480 e. The Kier molecular flexibility index (Phi) is 8.17. The second-order valence-corrected chi connectivity index (χ2v) is 6.70. The maximum atomic E-state index is 12.3. The van der Waals surface area contributed by atoms with Crippen molar-refractivity contribution in [2.45, 2.75) is 12.6 Å². The van der Waals surface area contributed by atoms with Gasteiger partial charge in [0, 0.05) is 23.2 Å². The number of alkyl halides is 3. The van der Waals surface area contributed by atoms with Crippen LogP contribution in [-0.2, 0) is 16.0 Å². The molecule has 0 radical (unpaired) electrons. The van der Waals surface area contributed by atoms with Gasteiger partial charge in [0.1, 0.15) is 6.54 Å². The van der Waals surface area contributed by atoms with E-state index in [0.717, 1.165) is 22.3 Å². The Balaban J connectivity index is 0.000000479. The van der Waals surface area contributed by atoms with Crippen molar-refractivity contribution in [3.63, 3.8) is 0 Å². The zero-order valence-electron chi connectivity index (χ0n) is 17.0. The van der Waals surface area contributed by atoms with Gasteiger partial charge in [0.2, 0.25) is 0 Å². The smallest absolute Gasteiger partial charge is 0.480 e. The lowest BCUT2D eigenvalue weighted by atomic mass is 9.96. The van der Waals surface area contributed by atoms with Crippen molar-refractivity contribution in [2.24, 2.45) is 10.9 Å². The molecule has 2 aromatic rings. The number of nitrogens with zero attached hydrogens (tertiary/aromatic N) is 2. The zero-order valence-corrected chi connectivity index (χ0v) is 17.0. The Bertz CT molecular complexity index is 1150. The summed E-state index contributed by atoms with van der Waals surface area (Å²) < 4.78 is 31.7. The van der Waals surface area contributed by atoms with Gasteiger partial charge in [-0.25, -0.2) is 4.79 Å². The lowest BCUT2D eigenvalue weighted by Crippen LogP contribution is -2.40. The predicted molar refractivity (Wildman–Crippen MR) is 112 cm³/mol. The molecule has 0 aromatic heterocycles. The van der Waals surface area contributed by atoms with Crippen molar-refractivity contribution in [1.29, 1.82) is 0 Å². The van der Waals surface area contributed by atoms with Crippen LogP contribution in [0.5, 0.6) is 0 Å². The summed E-state index contributed by atoms with van der Waals surface area (Å²) in [5, 5.41) is 19.5. The second-order valence-electron chi connectivity index (χ2n) is 6.70. The minimum absolute atomic E-state index is 0.248. The normalized spacial score (nSPS) is 12.8. The number of rotatable bonds is 3. The predicted octanol–water partition coefficient (Wildman–Crippen LogP) is 2.10. The number of carboxylic acid groups (broad SMARTS) is 2. The molecule has 0 aliphatic carbocycles. The summed E-state index contributed by atoms with van der Waals surface area (Å²) in [6, 6.07) is 12.9. The van der Waals surface area contributed by atoms with Gasteiger partial charge in [0.15, 0.2) is 0 Å². The van der Waals surface area contributed by atoms with Crippen LogP contribution in [-0.4, -0.2) is 58.4 Å². The first-order valence-electron chi connectivity index (χ1n) is 9.30. The van der Waals surface area contributed by atoms with Gasteiger partial charge in [0.25, 0.3) is 5.91 Å². The molecule has 8 nitrogen and oxygen atoms in total. The molecule has 0 spiro atoms. The number of aliphatic carboxylic acids is 2. The second kappa shape index (κ2) is 10.8. The molecule has 33 heavy (non-hydrogen) atoms. The maximum absolute atomic E-state index is 12.3. The Hall–Kier alpha value is -4.33. The summed E-state index contributed by atoms with van der Waals surface area (Å²) in [7, 11) is 0. The van der Waals surface area contributed by atoms with Crippen molar-refractivity contribution in [3.05, 3.63) is 70.3 Å². The van der Waals surface area contributed by atoms with Crippen LogP contribution in [0.25, 0.3) is 0 Å². The Morgan fingerprint density at radius 2 is 1.76 bits per heavy atom. The molecule has 4 N–H and O–H groups in total. The number of halogens is 3. The standard InChI is InChI=1S/C20H17N3O3.C2HF3O2/c21-22-12-16-3-1-2-14(10-16)4-5-15-6-7-18-17(11-15)8-9-23(20(18)26)13-19(24)25;3-2(4,5)1(6)7/h1-3,6-7,10-12H,8-9,13,21H2,(H,24,25);(H,6,7). The third-order valence-corrected chi connectivity index (χ3v) is 4.30. The summed E-state index contributed by atoms with van der Waals surface area (Å²) >= 11 is 0. The largest absolute Gasteiger partial charge is 0.490 e. The average Bonchev–Trinajstić information content (AvgIpc) is 2.74. The Labute approximate surface area is 186 Å². The number of carboxylic acids is 2. The summed E-state index contributed by atoms with van der Waals surface area (Å²) in [4.78, 5) is 33.4. The number of hydrazone groups is 1. The molecule has 2 aromatic carbocycles. The van der Waals surface area contributed by atoms with E-state index in [9.17, 15) is 22.8 Å². The van der Waals surface area contributed by atoms with Crippen LogP contribution in [0.15, 0.2) is 47.6 Å². The fourth-order valence-electron chi connectivity index (χ4n) is 2.86. The van der Waals surface area contributed by atoms with Gasteiger partial charge in [0.05, 0.1) is 6.21 Å². The molecule has 0 bridgehead atoms. The van der Waals surface area contributed by atoms with Gasteiger partial charge in [-0.05, 0) is 47.9 Å². The van der Waals surface area contributed by atoms with Gasteiger partial charge in [-0.3, -0.25) is 9.59 Å². The van der Waals surface area contributed by atoms with E-state index in [2.05, 4.69) is 16.9 Å². The molecular formula is C22H18F3N3O5. The van der Waals surface area contributed by atoms with Crippen molar-refractivity contribution < 1.29 is 37.8 Å². The monoisotopic (exact) mass is 461 g/mol. The third kappa shape index (κ3) is 7.39. The first-order valence-corrected chi connectivity index (χ1v) is 9.30. The van der Waals surface area contributed by atoms with E-state index < -0.39 is 18.1 Å². The molecule has 1 aliphatic rings. The highest BCUT2D eigenvalue weighted by molar-refractivity contribution is 5.98. The number of carbonyl (C=O) groups excluding carboxylic acids is 1. The Morgan fingerprint density at radius 1 is 1.12 bits per heavy atom. The highest BCUT2D eigenvalue weighted by Crippen LogP contribution is 2.20. The topological polar surface area (TPSA) is 133 Å². The van der Waals surface area contributed by atoms with Crippen LogP contribution in [0.1, 0.15) is 32.6 Å². The van der Waals surface area contributed by atoms with E-state index in [1.807, 2.05) is 30.3 Å². The summed E-state index contributed by atoms with van der Waals surface area (Å²) in [5.41, 5.74) is 3.95. The molecule has 0 unspecified atom stereocenters. The molecule has 0 saturated carbocycles. The van der Waals surface area contributed by atoms with Crippen LogP contribution >= 0.6 is 0 Å². The SMILES string of the molecule is NN=Cc1cccc(C#Cc2ccc3c(c2)CCN(CC(=O)O)C3=O)c1.O=C(O)C(F)(F)F. The molecule has 0 saturated heterocycles. The van der Waals surface area contributed by atoms with E-state index in [0.29, 0.717) is 18.5 Å². The molecule has 0 fully saturated rings. The minimum atomic E-state index is -5.08. The van der Waals surface area contributed by atoms with Gasteiger partial charge in [-0.1, -0.05) is 24.0 Å². The average molecular weight is 461 g/mol. The van der Waals surface area contributed by atoms with Crippen molar-refractivity contribution >= 4 is 24.1 Å². The van der Waals surface area contributed by atoms with Crippen LogP contribution < -0.4 is 5.84 Å². The number of carbonyl (C=O) groups is 3. The molecule has 1 aliphatic heterocycles. The van der Waals surface area contributed by atoms with Crippen molar-refractivity contribution in [1.82, 2.24) is 4.90 Å². The summed E-state index contributed by atoms with van der Waals surface area (Å²) in [6.45, 7) is 0.123. The van der Waals surface area contributed by atoms with Crippen LogP contribution in [0.4, 0.5) is 13.2 Å². The molecule has 1 heterocycles. The quantitative estimate of drug-likeness (QED) is 0.278. The van der Waals surface area contributed by atoms with E-state index in [-0.39, 0.29) is 12.5 Å². The van der Waals surface area contributed by atoms with E-state index in [4.69, 9.17) is 20.9 Å².